The van der Waals surface area contributed by atoms with Crippen LogP contribution >= 0.6 is 0 Å². The highest BCUT2D eigenvalue weighted by Crippen LogP contribution is 2.44. The van der Waals surface area contributed by atoms with Gasteiger partial charge in [-0.2, -0.15) is 0 Å². The zero-order valence-electron chi connectivity index (χ0n) is 9.84. The third-order valence-corrected chi connectivity index (χ3v) is 3.95. The molecule has 1 fully saturated rings. The van der Waals surface area contributed by atoms with E-state index in [2.05, 4.69) is 27.7 Å². The summed E-state index contributed by atoms with van der Waals surface area (Å²) in [5.74, 6) is 4.03. The molecule has 0 heteroatoms. The van der Waals surface area contributed by atoms with Crippen LogP contribution < -0.4 is 0 Å². The van der Waals surface area contributed by atoms with E-state index >= 15 is 0 Å². The van der Waals surface area contributed by atoms with Crippen molar-refractivity contribution in [2.45, 2.75) is 59.8 Å². The summed E-state index contributed by atoms with van der Waals surface area (Å²) in [4.78, 5) is 0. The van der Waals surface area contributed by atoms with E-state index in [4.69, 9.17) is 0 Å². The first-order valence-corrected chi connectivity index (χ1v) is 6.20. The minimum Gasteiger partial charge on any atom is -0.0654 e. The van der Waals surface area contributed by atoms with Crippen LogP contribution in [0.2, 0.25) is 0 Å². The van der Waals surface area contributed by atoms with Crippen LogP contribution in [-0.4, -0.2) is 0 Å². The van der Waals surface area contributed by atoms with E-state index < -0.39 is 0 Å². The maximum atomic E-state index is 2.42. The van der Waals surface area contributed by atoms with Crippen molar-refractivity contribution in [3.05, 3.63) is 0 Å². The molecule has 0 spiro atoms. The third-order valence-electron chi connectivity index (χ3n) is 3.95. The zero-order valence-corrected chi connectivity index (χ0v) is 9.84. The van der Waals surface area contributed by atoms with Gasteiger partial charge in [0.25, 0.3) is 0 Å². The van der Waals surface area contributed by atoms with E-state index in [-0.39, 0.29) is 0 Å². The van der Waals surface area contributed by atoms with Crippen LogP contribution in [0.5, 0.6) is 0 Å². The van der Waals surface area contributed by atoms with Crippen LogP contribution in [-0.2, 0) is 0 Å². The van der Waals surface area contributed by atoms with Gasteiger partial charge >= 0.3 is 0 Å². The summed E-state index contributed by atoms with van der Waals surface area (Å²) in [6.07, 6.45) is 7.27. The maximum Gasteiger partial charge on any atom is -0.0334 e. The predicted octanol–water partition coefficient (Wildman–Crippen LogP) is 4.49. The molecular weight excluding hydrogens is 156 g/mol. The summed E-state index contributed by atoms with van der Waals surface area (Å²) in [6, 6.07) is 0. The van der Waals surface area contributed by atoms with E-state index in [1.165, 1.54) is 32.1 Å². The largest absolute Gasteiger partial charge is 0.0654 e. The first-order chi connectivity index (χ1) is 6.20. The van der Waals surface area contributed by atoms with Crippen molar-refractivity contribution in [2.24, 2.45) is 23.7 Å². The molecule has 0 heterocycles. The van der Waals surface area contributed by atoms with Gasteiger partial charge in [0.15, 0.2) is 0 Å². The molecule has 0 bridgehead atoms. The summed E-state index contributed by atoms with van der Waals surface area (Å²) < 4.78 is 0. The molecule has 0 aromatic carbocycles. The lowest BCUT2D eigenvalue weighted by Gasteiger charge is -2.27. The summed E-state index contributed by atoms with van der Waals surface area (Å²) in [7, 11) is 0. The fourth-order valence-corrected chi connectivity index (χ4v) is 3.47. The molecule has 0 aliphatic heterocycles. The minimum atomic E-state index is 0.906. The average molecular weight is 182 g/mol. The molecule has 1 aliphatic rings. The molecule has 0 aromatic rings. The molecule has 0 nitrogen and oxygen atoms in total. The van der Waals surface area contributed by atoms with Gasteiger partial charge in [-0.15, -0.1) is 0 Å². The Labute approximate surface area is 84.1 Å². The Hall–Kier alpha value is 0. The number of hydrogen-bond acceptors (Lipinski definition) is 0. The van der Waals surface area contributed by atoms with Crippen LogP contribution in [0.4, 0.5) is 0 Å². The first kappa shape index (κ1) is 11.1. The second-order valence-corrected chi connectivity index (χ2v) is 5.12. The molecule has 78 valence electrons. The van der Waals surface area contributed by atoms with Crippen molar-refractivity contribution in [3.8, 4) is 0 Å². The van der Waals surface area contributed by atoms with Crippen molar-refractivity contribution >= 4 is 0 Å². The van der Waals surface area contributed by atoms with Crippen LogP contribution in [0.1, 0.15) is 59.8 Å². The zero-order chi connectivity index (χ0) is 9.84. The maximum absolute atomic E-state index is 2.42. The normalized spacial score (nSPS) is 34.4. The molecule has 0 N–H and O–H groups in total. The highest BCUT2D eigenvalue weighted by molar-refractivity contribution is 4.85. The topological polar surface area (TPSA) is 0 Å². The molecule has 13 heavy (non-hydrogen) atoms. The second-order valence-electron chi connectivity index (χ2n) is 5.12. The molecular formula is C13H26. The summed E-state index contributed by atoms with van der Waals surface area (Å²) in [5, 5.41) is 0. The lowest BCUT2D eigenvalue weighted by atomic mass is 9.78. The molecule has 0 radical (unpaired) electrons. The highest BCUT2D eigenvalue weighted by atomic mass is 14.4. The van der Waals surface area contributed by atoms with Gasteiger partial charge in [0, 0.05) is 0 Å². The van der Waals surface area contributed by atoms with Crippen LogP contribution in [0.25, 0.3) is 0 Å². The fourth-order valence-electron chi connectivity index (χ4n) is 3.47. The molecule has 3 unspecified atom stereocenters. The van der Waals surface area contributed by atoms with Crippen molar-refractivity contribution in [1.82, 2.24) is 0 Å². The van der Waals surface area contributed by atoms with Gasteiger partial charge in [-0.3, -0.25) is 0 Å². The van der Waals surface area contributed by atoms with Crippen molar-refractivity contribution in [1.29, 1.82) is 0 Å². The lowest BCUT2D eigenvalue weighted by molar-refractivity contribution is 0.216. The summed E-state index contributed by atoms with van der Waals surface area (Å²) in [5.41, 5.74) is 0. The van der Waals surface area contributed by atoms with E-state index in [0.29, 0.717) is 0 Å². The molecule has 1 aliphatic carbocycles. The van der Waals surface area contributed by atoms with E-state index in [1.54, 1.807) is 0 Å². The van der Waals surface area contributed by atoms with Crippen molar-refractivity contribution < 1.29 is 0 Å². The van der Waals surface area contributed by atoms with Gasteiger partial charge in [-0.05, 0) is 36.5 Å². The Balaban J connectivity index is 2.56. The number of hydrogen-bond donors (Lipinski definition) is 0. The highest BCUT2D eigenvalue weighted by Gasteiger charge is 2.35. The number of rotatable bonds is 4. The predicted molar refractivity (Wildman–Crippen MR) is 59.7 cm³/mol. The second kappa shape index (κ2) is 5.02. The van der Waals surface area contributed by atoms with Crippen LogP contribution in [0.3, 0.4) is 0 Å². The Morgan fingerprint density at radius 2 is 1.69 bits per heavy atom. The Morgan fingerprint density at radius 1 is 1.08 bits per heavy atom. The SMILES string of the molecule is CCCC1CCC(CC)C1C(C)C. The standard InChI is InChI=1S/C13H26/c1-5-7-12-9-8-11(6-2)13(12)10(3)4/h10-13H,5-9H2,1-4H3. The monoisotopic (exact) mass is 182 g/mol. The fraction of sp³-hybridized carbons (Fsp3) is 1.00. The van der Waals surface area contributed by atoms with Crippen molar-refractivity contribution in [2.75, 3.05) is 0 Å². The molecule has 1 rings (SSSR count). The molecule has 0 aromatic heterocycles. The molecule has 0 saturated heterocycles. The van der Waals surface area contributed by atoms with E-state index in [0.717, 1.165) is 23.7 Å². The quantitative estimate of drug-likeness (QED) is 0.600. The van der Waals surface area contributed by atoms with Gasteiger partial charge in [0.1, 0.15) is 0 Å². The summed E-state index contributed by atoms with van der Waals surface area (Å²) >= 11 is 0. The minimum absolute atomic E-state index is 0.906. The van der Waals surface area contributed by atoms with Crippen LogP contribution in [0.15, 0.2) is 0 Å². The first-order valence-electron chi connectivity index (χ1n) is 6.20. The van der Waals surface area contributed by atoms with E-state index in [1.807, 2.05) is 0 Å². The van der Waals surface area contributed by atoms with Gasteiger partial charge in [0.05, 0.1) is 0 Å². The molecule has 0 amide bonds. The Kier molecular flexibility index (Phi) is 4.28. The van der Waals surface area contributed by atoms with Gasteiger partial charge < -0.3 is 0 Å². The van der Waals surface area contributed by atoms with Crippen molar-refractivity contribution in [3.63, 3.8) is 0 Å². The van der Waals surface area contributed by atoms with Gasteiger partial charge in [-0.1, -0.05) is 47.0 Å². The smallest absolute Gasteiger partial charge is 0.0334 e. The summed E-state index contributed by atoms with van der Waals surface area (Å²) in [6.45, 7) is 9.54. The van der Waals surface area contributed by atoms with E-state index in [9.17, 15) is 0 Å². The van der Waals surface area contributed by atoms with Crippen LogP contribution in [0, 0.1) is 23.7 Å². The Morgan fingerprint density at radius 3 is 2.15 bits per heavy atom. The third kappa shape index (κ3) is 2.48. The molecule has 3 atom stereocenters. The average Bonchev–Trinajstić information content (AvgIpc) is 2.48. The Bertz CT molecular complexity index is 137. The lowest BCUT2D eigenvalue weighted by Crippen LogP contribution is -2.20. The molecule has 1 saturated carbocycles. The van der Waals surface area contributed by atoms with Gasteiger partial charge in [0.2, 0.25) is 0 Å². The van der Waals surface area contributed by atoms with Gasteiger partial charge in [-0.25, -0.2) is 0 Å².